The normalized spacial score (nSPS) is 17.4. The fraction of sp³-hybridized carbons (Fsp3) is 0.368. The molecule has 1 fully saturated rings. The van der Waals surface area contributed by atoms with Gasteiger partial charge in [0, 0.05) is 13.1 Å². The van der Waals surface area contributed by atoms with E-state index in [-0.39, 0.29) is 5.91 Å². The summed E-state index contributed by atoms with van der Waals surface area (Å²) < 4.78 is 5.25. The topological polar surface area (TPSA) is 54.5 Å². The lowest BCUT2D eigenvalue weighted by Crippen LogP contribution is -2.34. The van der Waals surface area contributed by atoms with E-state index in [1.807, 2.05) is 24.3 Å². The number of carbonyl (C=O) groups excluding carboxylic acids is 1. The first-order chi connectivity index (χ1) is 11.7. The fourth-order valence-corrected chi connectivity index (χ4v) is 3.07. The lowest BCUT2D eigenvalue weighted by atomic mass is 10.00. The van der Waals surface area contributed by atoms with Crippen LogP contribution in [0.2, 0.25) is 0 Å². The third-order valence-electron chi connectivity index (χ3n) is 4.36. The Balaban J connectivity index is 1.70. The van der Waals surface area contributed by atoms with Gasteiger partial charge in [-0.2, -0.15) is 0 Å². The highest BCUT2D eigenvalue weighted by molar-refractivity contribution is 6.03. The van der Waals surface area contributed by atoms with Crippen molar-refractivity contribution in [1.82, 2.24) is 4.98 Å². The van der Waals surface area contributed by atoms with Crippen molar-refractivity contribution < 1.29 is 9.53 Å². The molecule has 0 bridgehead atoms. The number of nitrogens with one attached hydrogen (secondary N) is 1. The van der Waals surface area contributed by atoms with Gasteiger partial charge in [-0.15, -0.1) is 0 Å². The summed E-state index contributed by atoms with van der Waals surface area (Å²) in [7, 11) is 1.58. The maximum atomic E-state index is 12.4. The van der Waals surface area contributed by atoms with Crippen LogP contribution in [0.1, 0.15) is 30.3 Å². The van der Waals surface area contributed by atoms with E-state index in [0.29, 0.717) is 23.0 Å². The maximum absolute atomic E-state index is 12.4. The summed E-state index contributed by atoms with van der Waals surface area (Å²) in [6.45, 7) is 4.38. The SMILES string of the molecule is COc1ccccc1NC(=O)c1ccc(N2CCCC(C)C2)cn1. The summed E-state index contributed by atoms with van der Waals surface area (Å²) in [5, 5.41) is 2.84. The number of hydrogen-bond donors (Lipinski definition) is 1. The minimum atomic E-state index is -0.238. The van der Waals surface area contributed by atoms with Gasteiger partial charge in [-0.25, -0.2) is 4.98 Å². The van der Waals surface area contributed by atoms with Crippen LogP contribution in [0.4, 0.5) is 11.4 Å². The molecule has 3 rings (SSSR count). The van der Waals surface area contributed by atoms with Crippen molar-refractivity contribution in [3.8, 4) is 5.75 Å². The number of ether oxygens (including phenoxy) is 1. The molecule has 0 aliphatic carbocycles. The lowest BCUT2D eigenvalue weighted by Gasteiger charge is -2.32. The third kappa shape index (κ3) is 3.67. The highest BCUT2D eigenvalue weighted by Gasteiger charge is 2.17. The van der Waals surface area contributed by atoms with Crippen LogP contribution in [0.15, 0.2) is 42.6 Å². The first-order valence-corrected chi connectivity index (χ1v) is 8.32. The Morgan fingerprint density at radius 3 is 2.83 bits per heavy atom. The number of nitrogens with zero attached hydrogens (tertiary/aromatic N) is 2. The van der Waals surface area contributed by atoms with Crippen LogP contribution >= 0.6 is 0 Å². The van der Waals surface area contributed by atoms with Crippen LogP contribution in [-0.2, 0) is 0 Å². The molecule has 0 radical (unpaired) electrons. The predicted octanol–water partition coefficient (Wildman–Crippen LogP) is 3.58. The molecule has 1 aliphatic rings. The van der Waals surface area contributed by atoms with Crippen LogP contribution in [0.5, 0.6) is 5.75 Å². The Kier molecular flexibility index (Phi) is 4.99. The van der Waals surface area contributed by atoms with Crippen molar-refractivity contribution in [1.29, 1.82) is 0 Å². The van der Waals surface area contributed by atoms with E-state index in [9.17, 15) is 4.79 Å². The zero-order valence-corrected chi connectivity index (χ0v) is 14.2. The molecule has 2 heterocycles. The number of piperidine rings is 1. The molecule has 126 valence electrons. The highest BCUT2D eigenvalue weighted by Crippen LogP contribution is 2.24. The second-order valence-electron chi connectivity index (χ2n) is 6.25. The quantitative estimate of drug-likeness (QED) is 0.933. The van der Waals surface area contributed by atoms with Crippen LogP contribution in [0, 0.1) is 5.92 Å². The van der Waals surface area contributed by atoms with Crippen molar-refractivity contribution in [2.24, 2.45) is 5.92 Å². The molecule has 1 aromatic heterocycles. The van der Waals surface area contributed by atoms with E-state index in [0.717, 1.165) is 18.8 Å². The summed E-state index contributed by atoms with van der Waals surface area (Å²) in [6.07, 6.45) is 4.27. The van der Waals surface area contributed by atoms with E-state index in [2.05, 4.69) is 22.1 Å². The highest BCUT2D eigenvalue weighted by atomic mass is 16.5. The van der Waals surface area contributed by atoms with Crippen molar-refractivity contribution >= 4 is 17.3 Å². The van der Waals surface area contributed by atoms with Crippen molar-refractivity contribution in [2.75, 3.05) is 30.4 Å². The van der Waals surface area contributed by atoms with E-state index in [1.54, 1.807) is 25.4 Å². The van der Waals surface area contributed by atoms with Gasteiger partial charge in [0.25, 0.3) is 5.91 Å². The van der Waals surface area contributed by atoms with Crippen LogP contribution in [0.25, 0.3) is 0 Å². The minimum absolute atomic E-state index is 0.238. The number of rotatable bonds is 4. The van der Waals surface area contributed by atoms with Gasteiger partial charge in [0.05, 0.1) is 24.7 Å². The van der Waals surface area contributed by atoms with Crippen LogP contribution in [-0.4, -0.2) is 31.1 Å². The summed E-state index contributed by atoms with van der Waals surface area (Å²) >= 11 is 0. The summed E-state index contributed by atoms with van der Waals surface area (Å²) in [6, 6.07) is 11.1. The number of aromatic nitrogens is 1. The fourth-order valence-electron chi connectivity index (χ4n) is 3.07. The molecule has 5 nitrogen and oxygen atoms in total. The Labute approximate surface area is 142 Å². The molecular weight excluding hydrogens is 302 g/mol. The molecule has 1 aliphatic heterocycles. The molecule has 24 heavy (non-hydrogen) atoms. The van der Waals surface area contributed by atoms with Crippen LogP contribution in [0.3, 0.4) is 0 Å². The van der Waals surface area contributed by atoms with Gasteiger partial charge in [-0.05, 0) is 43.0 Å². The van der Waals surface area contributed by atoms with Gasteiger partial charge in [0.15, 0.2) is 0 Å². The third-order valence-corrected chi connectivity index (χ3v) is 4.36. The Hall–Kier alpha value is -2.56. The molecule has 1 N–H and O–H groups in total. The van der Waals surface area contributed by atoms with Gasteiger partial charge in [-0.3, -0.25) is 4.79 Å². The number of carbonyl (C=O) groups is 1. The molecular formula is C19H23N3O2. The van der Waals surface area contributed by atoms with Crippen molar-refractivity contribution in [3.05, 3.63) is 48.3 Å². The maximum Gasteiger partial charge on any atom is 0.274 e. The van der Waals surface area contributed by atoms with Crippen molar-refractivity contribution in [3.63, 3.8) is 0 Å². The second kappa shape index (κ2) is 7.34. The molecule has 1 unspecified atom stereocenters. The Bertz CT molecular complexity index is 700. The van der Waals surface area contributed by atoms with E-state index in [4.69, 9.17) is 4.74 Å². The van der Waals surface area contributed by atoms with Gasteiger partial charge >= 0.3 is 0 Å². The zero-order valence-electron chi connectivity index (χ0n) is 14.2. The van der Waals surface area contributed by atoms with Crippen LogP contribution < -0.4 is 15.0 Å². The lowest BCUT2D eigenvalue weighted by molar-refractivity contribution is 0.102. The molecule has 0 spiro atoms. The number of amides is 1. The summed E-state index contributed by atoms with van der Waals surface area (Å²) in [5.41, 5.74) is 2.12. The molecule has 2 aromatic rings. The second-order valence-corrected chi connectivity index (χ2v) is 6.25. The monoisotopic (exact) mass is 325 g/mol. The van der Waals surface area contributed by atoms with E-state index >= 15 is 0 Å². The van der Waals surface area contributed by atoms with Gasteiger partial charge in [-0.1, -0.05) is 19.1 Å². The molecule has 0 saturated carbocycles. The predicted molar refractivity (Wildman–Crippen MR) is 95.8 cm³/mol. The Morgan fingerprint density at radius 1 is 1.29 bits per heavy atom. The minimum Gasteiger partial charge on any atom is -0.495 e. The average Bonchev–Trinajstić information content (AvgIpc) is 2.62. The number of hydrogen-bond acceptors (Lipinski definition) is 4. The van der Waals surface area contributed by atoms with Gasteiger partial charge in [0.2, 0.25) is 0 Å². The van der Waals surface area contributed by atoms with E-state index < -0.39 is 0 Å². The molecule has 1 amide bonds. The molecule has 1 aromatic carbocycles. The number of anilines is 2. The summed E-state index contributed by atoms with van der Waals surface area (Å²) in [4.78, 5) is 19.1. The first kappa shape index (κ1) is 16.3. The Morgan fingerprint density at radius 2 is 2.12 bits per heavy atom. The van der Waals surface area contributed by atoms with Crippen molar-refractivity contribution in [2.45, 2.75) is 19.8 Å². The largest absolute Gasteiger partial charge is 0.495 e. The summed E-state index contributed by atoms with van der Waals surface area (Å²) in [5.74, 6) is 1.09. The number of pyridine rings is 1. The van der Waals surface area contributed by atoms with Gasteiger partial charge in [0.1, 0.15) is 11.4 Å². The number of benzene rings is 1. The zero-order chi connectivity index (χ0) is 16.9. The average molecular weight is 325 g/mol. The number of methoxy groups -OCH3 is 1. The molecule has 1 atom stereocenters. The smallest absolute Gasteiger partial charge is 0.274 e. The van der Waals surface area contributed by atoms with E-state index in [1.165, 1.54) is 12.8 Å². The number of para-hydroxylation sites is 2. The van der Waals surface area contributed by atoms with Gasteiger partial charge < -0.3 is 15.0 Å². The molecule has 1 saturated heterocycles. The first-order valence-electron chi connectivity index (χ1n) is 8.32. The standard InChI is InChI=1S/C19H23N3O2/c1-14-6-5-11-22(13-14)15-9-10-17(20-12-15)19(23)21-16-7-3-4-8-18(16)24-2/h3-4,7-10,12,14H,5-6,11,13H2,1-2H3,(H,21,23). The molecule has 5 heteroatoms.